The van der Waals surface area contributed by atoms with Crippen LogP contribution in [0.5, 0.6) is 0 Å². The van der Waals surface area contributed by atoms with Gasteiger partial charge in [0.2, 0.25) is 11.0 Å². The summed E-state index contributed by atoms with van der Waals surface area (Å²) in [4.78, 5) is 12.5. The molecule has 1 amide bonds. The average molecular weight is 403 g/mol. The van der Waals surface area contributed by atoms with Gasteiger partial charge in [0.05, 0.1) is 5.25 Å². The topological polar surface area (TPSA) is 85.6 Å². The van der Waals surface area contributed by atoms with Crippen molar-refractivity contribution >= 4 is 34.1 Å². The zero-order valence-electron chi connectivity index (χ0n) is 15.9. The van der Waals surface area contributed by atoms with E-state index in [4.69, 9.17) is 0 Å². The summed E-state index contributed by atoms with van der Waals surface area (Å²) in [6.07, 6.45) is 0. The molecule has 1 atom stereocenters. The van der Waals surface area contributed by atoms with Gasteiger partial charge in [-0.1, -0.05) is 46.9 Å². The van der Waals surface area contributed by atoms with Crippen LogP contribution in [-0.2, 0) is 4.79 Å². The number of hydrogen-bond donors (Lipinski definition) is 1. The second-order valence-corrected chi connectivity index (χ2v) is 9.00. The number of anilines is 1. The number of aryl methyl sites for hydroxylation is 2. The minimum Gasteiger partial charge on any atom is -0.300 e. The molecule has 27 heavy (non-hydrogen) atoms. The highest BCUT2D eigenvalue weighted by atomic mass is 32.2. The molecule has 0 radical (unpaired) electrons. The van der Waals surface area contributed by atoms with E-state index >= 15 is 0 Å². The fraction of sp³-hybridized carbons (Fsp3) is 0.389. The highest BCUT2D eigenvalue weighted by molar-refractivity contribution is 8.00. The molecule has 0 aliphatic rings. The van der Waals surface area contributed by atoms with Crippen molar-refractivity contribution in [1.82, 2.24) is 25.0 Å². The average Bonchev–Trinajstić information content (AvgIpc) is 3.21. The van der Waals surface area contributed by atoms with Crippen LogP contribution in [0, 0.1) is 13.8 Å². The van der Waals surface area contributed by atoms with E-state index in [-0.39, 0.29) is 17.2 Å². The van der Waals surface area contributed by atoms with Crippen molar-refractivity contribution in [3.8, 4) is 11.4 Å². The van der Waals surface area contributed by atoms with Crippen LogP contribution in [0.1, 0.15) is 37.4 Å². The van der Waals surface area contributed by atoms with Crippen LogP contribution >= 0.6 is 23.1 Å². The molecule has 2 aromatic heterocycles. The summed E-state index contributed by atoms with van der Waals surface area (Å²) in [5.41, 5.74) is 2.18. The smallest absolute Gasteiger partial charge is 0.239 e. The molecule has 3 aromatic rings. The molecule has 0 spiro atoms. The van der Waals surface area contributed by atoms with E-state index in [1.807, 2.05) is 26.0 Å². The Morgan fingerprint density at radius 2 is 1.93 bits per heavy atom. The first-order valence-electron chi connectivity index (χ1n) is 8.64. The number of thioether (sulfide) groups is 1. The van der Waals surface area contributed by atoms with Crippen molar-refractivity contribution in [1.29, 1.82) is 0 Å². The molecule has 7 nitrogen and oxygen atoms in total. The lowest BCUT2D eigenvalue weighted by atomic mass is 10.1. The number of carbonyl (C=O) groups excluding carboxylic acids is 1. The van der Waals surface area contributed by atoms with Crippen molar-refractivity contribution in [3.05, 3.63) is 34.8 Å². The Bertz CT molecular complexity index is 949. The second-order valence-electron chi connectivity index (χ2n) is 6.51. The molecule has 0 saturated heterocycles. The zero-order chi connectivity index (χ0) is 19.6. The Morgan fingerprint density at radius 3 is 2.56 bits per heavy atom. The zero-order valence-corrected chi connectivity index (χ0v) is 17.6. The Balaban J connectivity index is 1.81. The lowest BCUT2D eigenvalue weighted by molar-refractivity contribution is -0.115. The summed E-state index contributed by atoms with van der Waals surface area (Å²) >= 11 is 2.74. The van der Waals surface area contributed by atoms with Crippen LogP contribution in [0.25, 0.3) is 11.4 Å². The number of amides is 1. The summed E-state index contributed by atoms with van der Waals surface area (Å²) in [7, 11) is 0. The van der Waals surface area contributed by atoms with Crippen molar-refractivity contribution < 1.29 is 4.79 Å². The first-order chi connectivity index (χ1) is 12.8. The minimum atomic E-state index is -0.346. The van der Waals surface area contributed by atoms with E-state index in [1.54, 1.807) is 0 Å². The molecule has 0 fully saturated rings. The van der Waals surface area contributed by atoms with E-state index in [2.05, 4.69) is 63.2 Å². The standard InChI is InChI=1S/C18H22N6OS2/c1-10(2)24-15(14-8-6-7-11(3)9-14)21-23-18(24)26-12(4)16(25)19-17-22-20-13(5)27-17/h6-10,12H,1-5H3,(H,19,22,25)/t12-/m1/s1. The third-order valence-corrected chi connectivity index (χ3v) is 5.68. The molecule has 0 aliphatic heterocycles. The van der Waals surface area contributed by atoms with E-state index in [1.165, 1.54) is 28.7 Å². The fourth-order valence-corrected chi connectivity index (χ4v) is 4.15. The lowest BCUT2D eigenvalue weighted by Crippen LogP contribution is -2.23. The Hall–Kier alpha value is -2.26. The molecule has 0 saturated carbocycles. The number of carbonyl (C=O) groups is 1. The van der Waals surface area contributed by atoms with Crippen LogP contribution < -0.4 is 5.32 Å². The Kier molecular flexibility index (Phi) is 5.91. The molecule has 9 heteroatoms. The summed E-state index contributed by atoms with van der Waals surface area (Å²) in [6, 6.07) is 8.34. The van der Waals surface area contributed by atoms with Gasteiger partial charge in [-0.15, -0.1) is 20.4 Å². The molecule has 0 unspecified atom stereocenters. The highest BCUT2D eigenvalue weighted by Gasteiger charge is 2.23. The summed E-state index contributed by atoms with van der Waals surface area (Å²) in [5, 5.41) is 21.1. The quantitative estimate of drug-likeness (QED) is 0.625. The van der Waals surface area contributed by atoms with Gasteiger partial charge in [0.25, 0.3) is 0 Å². The van der Waals surface area contributed by atoms with E-state index in [9.17, 15) is 4.79 Å². The minimum absolute atomic E-state index is 0.133. The first-order valence-corrected chi connectivity index (χ1v) is 10.3. The van der Waals surface area contributed by atoms with Gasteiger partial charge in [-0.25, -0.2) is 0 Å². The Labute approximate surface area is 166 Å². The largest absolute Gasteiger partial charge is 0.300 e. The van der Waals surface area contributed by atoms with Crippen molar-refractivity contribution in [2.24, 2.45) is 0 Å². The van der Waals surface area contributed by atoms with Gasteiger partial charge in [-0.3, -0.25) is 14.7 Å². The maximum Gasteiger partial charge on any atom is 0.239 e. The first kappa shape index (κ1) is 19.5. The lowest BCUT2D eigenvalue weighted by Gasteiger charge is -2.16. The summed E-state index contributed by atoms with van der Waals surface area (Å²) in [5.74, 6) is 0.676. The normalized spacial score (nSPS) is 12.4. The monoisotopic (exact) mass is 402 g/mol. The van der Waals surface area contributed by atoms with Crippen molar-refractivity contribution in [2.45, 2.75) is 51.1 Å². The number of rotatable bonds is 6. The summed E-state index contributed by atoms with van der Waals surface area (Å²) in [6.45, 7) is 9.92. The number of nitrogens with one attached hydrogen (secondary N) is 1. The molecule has 1 N–H and O–H groups in total. The number of nitrogens with zero attached hydrogens (tertiary/aromatic N) is 5. The van der Waals surface area contributed by atoms with Crippen LogP contribution in [0.4, 0.5) is 5.13 Å². The Morgan fingerprint density at radius 1 is 1.15 bits per heavy atom. The predicted octanol–water partition coefficient (Wildman–Crippen LogP) is 4.11. The predicted molar refractivity (Wildman–Crippen MR) is 109 cm³/mol. The van der Waals surface area contributed by atoms with Gasteiger partial charge in [-0.2, -0.15) is 0 Å². The molecule has 142 valence electrons. The third-order valence-electron chi connectivity index (χ3n) is 3.86. The van der Waals surface area contributed by atoms with Gasteiger partial charge in [0, 0.05) is 11.6 Å². The van der Waals surface area contributed by atoms with Gasteiger partial charge in [-0.05, 0) is 40.7 Å². The summed E-state index contributed by atoms with van der Waals surface area (Å²) < 4.78 is 2.07. The van der Waals surface area contributed by atoms with Gasteiger partial charge < -0.3 is 0 Å². The van der Waals surface area contributed by atoms with E-state index in [0.29, 0.717) is 5.13 Å². The van der Waals surface area contributed by atoms with Gasteiger partial charge in [0.1, 0.15) is 5.01 Å². The fourth-order valence-electron chi connectivity index (χ4n) is 2.57. The SMILES string of the molecule is Cc1cccc(-c2nnc(S[C@H](C)C(=O)Nc3nnc(C)s3)n2C(C)C)c1. The van der Waals surface area contributed by atoms with Crippen molar-refractivity contribution in [2.75, 3.05) is 5.32 Å². The number of hydrogen-bond acceptors (Lipinski definition) is 7. The third kappa shape index (κ3) is 4.54. The van der Waals surface area contributed by atoms with Crippen LogP contribution in [0.15, 0.2) is 29.4 Å². The number of aromatic nitrogens is 5. The van der Waals surface area contributed by atoms with E-state index in [0.717, 1.165) is 21.6 Å². The van der Waals surface area contributed by atoms with Crippen LogP contribution in [0.2, 0.25) is 0 Å². The highest BCUT2D eigenvalue weighted by Crippen LogP contribution is 2.30. The van der Waals surface area contributed by atoms with Crippen molar-refractivity contribution in [3.63, 3.8) is 0 Å². The second kappa shape index (κ2) is 8.18. The number of benzene rings is 1. The maximum absolute atomic E-state index is 12.5. The van der Waals surface area contributed by atoms with Gasteiger partial charge >= 0.3 is 0 Å². The van der Waals surface area contributed by atoms with Crippen LogP contribution in [0.3, 0.4) is 0 Å². The van der Waals surface area contributed by atoms with Crippen LogP contribution in [-0.4, -0.2) is 36.1 Å². The maximum atomic E-state index is 12.5. The molecule has 0 aliphatic carbocycles. The van der Waals surface area contributed by atoms with E-state index < -0.39 is 0 Å². The van der Waals surface area contributed by atoms with Gasteiger partial charge in [0.15, 0.2) is 11.0 Å². The molecule has 2 heterocycles. The molecule has 1 aromatic carbocycles. The molecular weight excluding hydrogens is 380 g/mol. The molecule has 3 rings (SSSR count). The molecule has 0 bridgehead atoms. The molecular formula is C18H22N6OS2.